The minimum atomic E-state index is 0. The molecule has 0 radical (unpaired) electrons. The van der Waals surface area contributed by atoms with E-state index in [1.54, 1.807) is 0 Å². The Morgan fingerprint density at radius 2 is 1.82 bits per heavy atom. The van der Waals surface area contributed by atoms with Crippen LogP contribution in [0.15, 0.2) is 36.4 Å². The van der Waals surface area contributed by atoms with Crippen molar-refractivity contribution < 1.29 is 0 Å². The van der Waals surface area contributed by atoms with Gasteiger partial charge in [0, 0.05) is 31.6 Å². The van der Waals surface area contributed by atoms with Gasteiger partial charge in [0.25, 0.3) is 0 Å². The lowest BCUT2D eigenvalue weighted by molar-refractivity contribution is 0.162. The minimum absolute atomic E-state index is 0. The summed E-state index contributed by atoms with van der Waals surface area (Å²) in [5.74, 6) is 0. The van der Waals surface area contributed by atoms with Gasteiger partial charge in [-0.25, -0.2) is 0 Å². The quantitative estimate of drug-likeness (QED) is 0.915. The summed E-state index contributed by atoms with van der Waals surface area (Å²) in [6.07, 6.45) is 2.38. The van der Waals surface area contributed by atoms with Gasteiger partial charge in [-0.2, -0.15) is 0 Å². The molecule has 1 aliphatic rings. The van der Waals surface area contributed by atoms with Crippen molar-refractivity contribution in [1.82, 2.24) is 15.2 Å². The fraction of sp³-hybridized carbons (Fsp3) is 0.471. The van der Waals surface area contributed by atoms with Gasteiger partial charge in [0.05, 0.1) is 17.3 Å². The monoisotopic (exact) mass is 341 g/mol. The highest BCUT2D eigenvalue weighted by Gasteiger charge is 2.22. The number of aromatic nitrogens is 1. The second-order valence-electron chi connectivity index (χ2n) is 5.52. The molecule has 0 aliphatic carbocycles. The van der Waals surface area contributed by atoms with E-state index in [1.165, 1.54) is 23.9 Å². The Balaban J connectivity index is 0.00000121. The number of pyridine rings is 1. The van der Waals surface area contributed by atoms with Crippen LogP contribution >= 0.6 is 24.8 Å². The average molecular weight is 342 g/mol. The lowest BCUT2D eigenvalue weighted by atomic mass is 10.0. The number of benzene rings is 1. The van der Waals surface area contributed by atoms with Crippen molar-refractivity contribution in [3.63, 3.8) is 0 Å². The number of hydrogen-bond donors (Lipinski definition) is 1. The van der Waals surface area contributed by atoms with Crippen molar-refractivity contribution in [2.24, 2.45) is 0 Å². The topological polar surface area (TPSA) is 28.2 Å². The van der Waals surface area contributed by atoms with Gasteiger partial charge in [-0.05, 0) is 18.6 Å². The van der Waals surface area contributed by atoms with Gasteiger partial charge >= 0.3 is 0 Å². The van der Waals surface area contributed by atoms with E-state index in [1.807, 2.05) is 0 Å². The highest BCUT2D eigenvalue weighted by atomic mass is 35.5. The molecular formula is C17H25Cl2N3. The third-order valence-corrected chi connectivity index (χ3v) is 4.12. The summed E-state index contributed by atoms with van der Waals surface area (Å²) in [6, 6.07) is 13.3. The Morgan fingerprint density at radius 3 is 2.55 bits per heavy atom. The van der Waals surface area contributed by atoms with E-state index in [4.69, 9.17) is 4.98 Å². The number of rotatable bonds is 4. The maximum absolute atomic E-state index is 4.91. The molecule has 0 saturated carbocycles. The number of halogens is 2. The third kappa shape index (κ3) is 4.32. The van der Waals surface area contributed by atoms with Crippen LogP contribution in [0.5, 0.6) is 0 Å². The molecule has 0 bridgehead atoms. The molecule has 122 valence electrons. The molecule has 2 heterocycles. The SMILES string of the molecule is CCC[C@H](c1ccc2ccccc2n1)N1CCNCC1.Cl.Cl. The predicted molar refractivity (Wildman–Crippen MR) is 98.3 cm³/mol. The summed E-state index contributed by atoms with van der Waals surface area (Å²) < 4.78 is 0. The molecular weight excluding hydrogens is 317 g/mol. The van der Waals surface area contributed by atoms with Gasteiger partial charge in [0.2, 0.25) is 0 Å². The van der Waals surface area contributed by atoms with Gasteiger partial charge in [-0.3, -0.25) is 9.88 Å². The maximum atomic E-state index is 4.91. The van der Waals surface area contributed by atoms with E-state index in [0.29, 0.717) is 6.04 Å². The van der Waals surface area contributed by atoms with Crippen LogP contribution in [0.3, 0.4) is 0 Å². The molecule has 1 saturated heterocycles. The molecule has 1 atom stereocenters. The molecule has 1 N–H and O–H groups in total. The number of piperazine rings is 1. The summed E-state index contributed by atoms with van der Waals surface area (Å²) in [4.78, 5) is 7.49. The number of para-hydroxylation sites is 1. The zero-order valence-corrected chi connectivity index (χ0v) is 14.6. The van der Waals surface area contributed by atoms with E-state index < -0.39 is 0 Å². The van der Waals surface area contributed by atoms with E-state index in [-0.39, 0.29) is 24.8 Å². The van der Waals surface area contributed by atoms with Crippen LogP contribution in [0.2, 0.25) is 0 Å². The molecule has 1 aromatic heterocycles. The van der Waals surface area contributed by atoms with E-state index in [9.17, 15) is 0 Å². The van der Waals surface area contributed by atoms with Crippen molar-refractivity contribution in [1.29, 1.82) is 0 Å². The van der Waals surface area contributed by atoms with Crippen LogP contribution in [0.1, 0.15) is 31.5 Å². The summed E-state index contributed by atoms with van der Waals surface area (Å²) >= 11 is 0. The predicted octanol–water partition coefficient (Wildman–Crippen LogP) is 3.82. The van der Waals surface area contributed by atoms with Crippen molar-refractivity contribution in [3.8, 4) is 0 Å². The van der Waals surface area contributed by atoms with Crippen LogP contribution in [-0.2, 0) is 0 Å². The van der Waals surface area contributed by atoms with Gasteiger partial charge < -0.3 is 5.32 Å². The Labute approximate surface area is 145 Å². The standard InChI is InChI=1S/C17H23N3.2ClH/c1-2-5-17(20-12-10-18-11-13-20)16-9-8-14-6-3-4-7-15(14)19-16;;/h3-4,6-9,17-18H,2,5,10-13H2,1H3;2*1H/t17-;;/m1../s1. The molecule has 3 rings (SSSR count). The summed E-state index contributed by atoms with van der Waals surface area (Å²) in [7, 11) is 0. The van der Waals surface area contributed by atoms with Crippen molar-refractivity contribution in [2.75, 3.05) is 26.2 Å². The minimum Gasteiger partial charge on any atom is -0.314 e. The Kier molecular flexibility index (Phi) is 8.12. The molecule has 0 amide bonds. The van der Waals surface area contributed by atoms with Crippen molar-refractivity contribution in [3.05, 3.63) is 42.1 Å². The molecule has 1 aromatic carbocycles. The first-order chi connectivity index (χ1) is 9.88. The van der Waals surface area contributed by atoms with Crippen LogP contribution in [-0.4, -0.2) is 36.1 Å². The fourth-order valence-corrected chi connectivity index (χ4v) is 3.05. The molecule has 1 fully saturated rings. The largest absolute Gasteiger partial charge is 0.314 e. The highest BCUT2D eigenvalue weighted by molar-refractivity contribution is 5.85. The van der Waals surface area contributed by atoms with Gasteiger partial charge in [0.15, 0.2) is 0 Å². The zero-order chi connectivity index (χ0) is 13.8. The number of nitrogens with one attached hydrogen (secondary N) is 1. The van der Waals surface area contributed by atoms with Gasteiger partial charge in [-0.1, -0.05) is 37.6 Å². The Hall–Kier alpha value is -0.870. The number of hydrogen-bond acceptors (Lipinski definition) is 3. The van der Waals surface area contributed by atoms with Crippen LogP contribution in [0.25, 0.3) is 10.9 Å². The molecule has 0 spiro atoms. The van der Waals surface area contributed by atoms with E-state index in [2.05, 4.69) is 53.5 Å². The van der Waals surface area contributed by atoms with Crippen LogP contribution < -0.4 is 5.32 Å². The second-order valence-corrected chi connectivity index (χ2v) is 5.52. The first-order valence-corrected chi connectivity index (χ1v) is 7.69. The molecule has 2 aromatic rings. The molecule has 3 nitrogen and oxygen atoms in total. The fourth-order valence-electron chi connectivity index (χ4n) is 3.05. The van der Waals surface area contributed by atoms with E-state index >= 15 is 0 Å². The summed E-state index contributed by atoms with van der Waals surface area (Å²) in [5, 5.41) is 4.66. The molecule has 22 heavy (non-hydrogen) atoms. The smallest absolute Gasteiger partial charge is 0.0706 e. The highest BCUT2D eigenvalue weighted by Crippen LogP contribution is 2.26. The van der Waals surface area contributed by atoms with Crippen LogP contribution in [0, 0.1) is 0 Å². The van der Waals surface area contributed by atoms with Gasteiger partial charge in [-0.15, -0.1) is 24.8 Å². The molecule has 0 unspecified atom stereocenters. The Morgan fingerprint density at radius 1 is 1.09 bits per heavy atom. The first kappa shape index (κ1) is 19.2. The summed E-state index contributed by atoms with van der Waals surface area (Å²) in [5.41, 5.74) is 2.34. The van der Waals surface area contributed by atoms with Crippen molar-refractivity contribution >= 4 is 35.7 Å². The van der Waals surface area contributed by atoms with Gasteiger partial charge in [0.1, 0.15) is 0 Å². The molecule has 1 aliphatic heterocycles. The number of nitrogens with zero attached hydrogens (tertiary/aromatic N) is 2. The third-order valence-electron chi connectivity index (χ3n) is 4.12. The second kappa shape index (κ2) is 9.31. The Bertz CT molecular complexity index is 571. The van der Waals surface area contributed by atoms with E-state index in [0.717, 1.165) is 31.7 Å². The lowest BCUT2D eigenvalue weighted by Gasteiger charge is -2.34. The van der Waals surface area contributed by atoms with Crippen molar-refractivity contribution in [2.45, 2.75) is 25.8 Å². The number of fused-ring (bicyclic) bond motifs is 1. The maximum Gasteiger partial charge on any atom is 0.0706 e. The lowest BCUT2D eigenvalue weighted by Crippen LogP contribution is -2.45. The van der Waals surface area contributed by atoms with Crippen LogP contribution in [0.4, 0.5) is 0 Å². The average Bonchev–Trinajstić information content (AvgIpc) is 2.53. The zero-order valence-electron chi connectivity index (χ0n) is 13.0. The molecule has 5 heteroatoms. The summed E-state index contributed by atoms with van der Waals surface area (Å²) in [6.45, 7) is 6.69. The first-order valence-electron chi connectivity index (χ1n) is 7.69. The normalized spacial score (nSPS) is 16.6.